The molecule has 0 spiro atoms. The highest BCUT2D eigenvalue weighted by Crippen LogP contribution is 2.26. The fourth-order valence-electron chi connectivity index (χ4n) is 2.41. The van der Waals surface area contributed by atoms with Gasteiger partial charge in [-0.3, -0.25) is 4.72 Å². The Morgan fingerprint density at radius 2 is 1.48 bits per heavy atom. The molecule has 0 bridgehead atoms. The van der Waals surface area contributed by atoms with Crippen molar-refractivity contribution in [2.75, 3.05) is 4.72 Å². The highest BCUT2D eigenvalue weighted by Gasteiger charge is 2.13. The zero-order valence-corrected chi connectivity index (χ0v) is 16.1. The van der Waals surface area contributed by atoms with Crippen molar-refractivity contribution >= 4 is 27.5 Å². The van der Waals surface area contributed by atoms with E-state index >= 15 is 0 Å². The molecule has 1 N–H and O–H groups in total. The Balaban J connectivity index is 1.65. The molecule has 3 aromatic rings. The van der Waals surface area contributed by atoms with Gasteiger partial charge in [0, 0.05) is 22.4 Å². The summed E-state index contributed by atoms with van der Waals surface area (Å²) in [4.78, 5) is 1.05. The summed E-state index contributed by atoms with van der Waals surface area (Å²) in [6, 6.07) is 16.8. The van der Waals surface area contributed by atoms with Crippen LogP contribution in [0.15, 0.2) is 76.5 Å². The van der Waals surface area contributed by atoms with E-state index in [0.717, 1.165) is 16.5 Å². The quantitative estimate of drug-likeness (QED) is 0.561. The Morgan fingerprint density at radius 3 is 2.07 bits per heavy atom. The Kier molecular flexibility index (Phi) is 5.82. The molecule has 140 valence electrons. The minimum Gasteiger partial charge on any atom is -0.280 e. The molecule has 0 aliphatic carbocycles. The molecule has 0 fully saturated rings. The third kappa shape index (κ3) is 5.30. The molecule has 0 radical (unpaired) electrons. The Labute approximate surface area is 161 Å². The molecule has 3 rings (SSSR count). The normalized spacial score (nSPS) is 11.4. The van der Waals surface area contributed by atoms with Crippen LogP contribution in [0, 0.1) is 18.6 Å². The van der Waals surface area contributed by atoms with E-state index < -0.39 is 21.7 Å². The molecule has 7 heteroatoms. The van der Waals surface area contributed by atoms with Crippen LogP contribution in [-0.2, 0) is 15.8 Å². The van der Waals surface area contributed by atoms with E-state index in [2.05, 4.69) is 4.72 Å². The van der Waals surface area contributed by atoms with Gasteiger partial charge in [-0.2, -0.15) is 0 Å². The topological polar surface area (TPSA) is 46.2 Å². The van der Waals surface area contributed by atoms with Gasteiger partial charge in [-0.15, -0.1) is 11.8 Å². The molecule has 0 unspecified atom stereocenters. The molecule has 3 nitrogen and oxygen atoms in total. The van der Waals surface area contributed by atoms with Gasteiger partial charge in [0.05, 0.1) is 4.90 Å². The molecule has 0 saturated carbocycles. The van der Waals surface area contributed by atoms with Crippen molar-refractivity contribution in [1.29, 1.82) is 0 Å². The second-order valence-corrected chi connectivity index (χ2v) is 8.74. The molecular formula is C20H17F2NO2S2. The summed E-state index contributed by atoms with van der Waals surface area (Å²) in [6.45, 7) is 1.89. The molecule has 0 saturated heterocycles. The number of sulfonamides is 1. The molecule has 27 heavy (non-hydrogen) atoms. The van der Waals surface area contributed by atoms with Crippen LogP contribution in [0.4, 0.5) is 14.5 Å². The maximum atomic E-state index is 13.2. The van der Waals surface area contributed by atoms with Crippen molar-refractivity contribution in [3.05, 3.63) is 89.5 Å². The number of aryl methyl sites for hydroxylation is 1. The zero-order chi connectivity index (χ0) is 19.4. The van der Waals surface area contributed by atoms with Gasteiger partial charge < -0.3 is 0 Å². The first-order chi connectivity index (χ1) is 12.8. The lowest BCUT2D eigenvalue weighted by molar-refractivity contribution is 0.581. The van der Waals surface area contributed by atoms with Gasteiger partial charge in [-0.25, -0.2) is 17.2 Å². The predicted octanol–water partition coefficient (Wildman–Crippen LogP) is 5.37. The van der Waals surface area contributed by atoms with Gasteiger partial charge in [0.15, 0.2) is 0 Å². The second-order valence-electron chi connectivity index (χ2n) is 6.01. The summed E-state index contributed by atoms with van der Waals surface area (Å²) in [5.74, 6) is -0.804. The van der Waals surface area contributed by atoms with Gasteiger partial charge in [0.25, 0.3) is 10.0 Å². The summed E-state index contributed by atoms with van der Waals surface area (Å²) < 4.78 is 53.7. The minimum atomic E-state index is -3.65. The first-order valence-electron chi connectivity index (χ1n) is 8.09. The number of halogens is 2. The summed E-state index contributed by atoms with van der Waals surface area (Å²) in [5.41, 5.74) is 1.96. The van der Waals surface area contributed by atoms with Crippen LogP contribution in [0.2, 0.25) is 0 Å². The first-order valence-corrected chi connectivity index (χ1v) is 10.6. The maximum Gasteiger partial charge on any atom is 0.261 e. The highest BCUT2D eigenvalue weighted by molar-refractivity contribution is 7.98. The van der Waals surface area contributed by atoms with E-state index in [9.17, 15) is 17.2 Å². The van der Waals surface area contributed by atoms with Crippen molar-refractivity contribution in [1.82, 2.24) is 0 Å². The van der Waals surface area contributed by atoms with Crippen LogP contribution in [0.25, 0.3) is 0 Å². The predicted molar refractivity (Wildman–Crippen MR) is 104 cm³/mol. The SMILES string of the molecule is Cc1ccc(S(=O)(=O)Nc2ccc(SCc3cc(F)cc(F)c3)cc2)cc1. The standard InChI is InChI=1S/C20H17F2NO2S2/c1-14-2-8-20(9-3-14)27(24,25)23-18-4-6-19(7-5-18)26-13-15-10-16(21)12-17(22)11-15/h2-12,23H,13H2,1H3. The third-order valence-corrected chi connectivity index (χ3v) is 6.25. The lowest BCUT2D eigenvalue weighted by atomic mass is 10.2. The van der Waals surface area contributed by atoms with Gasteiger partial charge in [0.2, 0.25) is 0 Å². The zero-order valence-electron chi connectivity index (χ0n) is 14.4. The van der Waals surface area contributed by atoms with Crippen molar-refractivity contribution in [3.8, 4) is 0 Å². The minimum absolute atomic E-state index is 0.194. The average molecular weight is 405 g/mol. The number of hydrogen-bond donors (Lipinski definition) is 1. The van der Waals surface area contributed by atoms with Gasteiger partial charge >= 0.3 is 0 Å². The Bertz CT molecular complexity index is 1010. The number of hydrogen-bond acceptors (Lipinski definition) is 3. The lowest BCUT2D eigenvalue weighted by Crippen LogP contribution is -2.12. The van der Waals surface area contributed by atoms with Crippen LogP contribution in [-0.4, -0.2) is 8.42 Å². The number of nitrogens with one attached hydrogen (secondary N) is 1. The van der Waals surface area contributed by atoms with E-state index in [1.165, 1.54) is 23.9 Å². The van der Waals surface area contributed by atoms with Crippen molar-refractivity contribution in [2.45, 2.75) is 22.5 Å². The smallest absolute Gasteiger partial charge is 0.261 e. The molecule has 3 aromatic carbocycles. The molecule has 0 heterocycles. The highest BCUT2D eigenvalue weighted by atomic mass is 32.2. The number of anilines is 1. The van der Waals surface area contributed by atoms with Crippen molar-refractivity contribution in [3.63, 3.8) is 0 Å². The molecular weight excluding hydrogens is 388 g/mol. The average Bonchev–Trinajstić information content (AvgIpc) is 2.60. The fraction of sp³-hybridized carbons (Fsp3) is 0.100. The van der Waals surface area contributed by atoms with Crippen molar-refractivity contribution < 1.29 is 17.2 Å². The lowest BCUT2D eigenvalue weighted by Gasteiger charge is -2.09. The van der Waals surface area contributed by atoms with E-state index in [0.29, 0.717) is 17.0 Å². The van der Waals surface area contributed by atoms with E-state index in [-0.39, 0.29) is 4.90 Å². The summed E-state index contributed by atoms with van der Waals surface area (Å²) >= 11 is 1.41. The summed E-state index contributed by atoms with van der Waals surface area (Å²) in [7, 11) is -3.65. The van der Waals surface area contributed by atoms with Gasteiger partial charge in [-0.05, 0) is 61.0 Å². The Hall–Kier alpha value is -2.38. The summed E-state index contributed by atoms with van der Waals surface area (Å²) in [6.07, 6.45) is 0. The molecule has 0 aromatic heterocycles. The number of rotatable bonds is 6. The second kappa shape index (κ2) is 8.10. The van der Waals surface area contributed by atoms with Gasteiger partial charge in [0.1, 0.15) is 11.6 Å². The fourth-order valence-corrected chi connectivity index (χ4v) is 4.30. The molecule has 0 atom stereocenters. The van der Waals surface area contributed by atoms with Crippen LogP contribution in [0.3, 0.4) is 0 Å². The molecule has 0 amide bonds. The Morgan fingerprint density at radius 1 is 0.889 bits per heavy atom. The summed E-state index contributed by atoms with van der Waals surface area (Å²) in [5, 5.41) is 0. The monoisotopic (exact) mass is 405 g/mol. The van der Waals surface area contributed by atoms with E-state index in [1.807, 2.05) is 6.92 Å². The maximum absolute atomic E-state index is 13.2. The molecule has 0 aliphatic rings. The third-order valence-electron chi connectivity index (χ3n) is 3.77. The van der Waals surface area contributed by atoms with Crippen LogP contribution in [0.5, 0.6) is 0 Å². The van der Waals surface area contributed by atoms with E-state index in [4.69, 9.17) is 0 Å². The number of benzene rings is 3. The van der Waals surface area contributed by atoms with Crippen LogP contribution < -0.4 is 4.72 Å². The van der Waals surface area contributed by atoms with Crippen molar-refractivity contribution in [2.24, 2.45) is 0 Å². The molecule has 0 aliphatic heterocycles. The largest absolute Gasteiger partial charge is 0.280 e. The number of thioether (sulfide) groups is 1. The van der Waals surface area contributed by atoms with E-state index in [1.54, 1.807) is 48.5 Å². The first kappa shape index (κ1) is 19.4. The van der Waals surface area contributed by atoms with Crippen LogP contribution >= 0.6 is 11.8 Å². The van der Waals surface area contributed by atoms with Crippen LogP contribution in [0.1, 0.15) is 11.1 Å². The van der Waals surface area contributed by atoms with Gasteiger partial charge in [-0.1, -0.05) is 17.7 Å².